The Balaban J connectivity index is 1.67. The summed E-state index contributed by atoms with van der Waals surface area (Å²) >= 11 is 0. The van der Waals surface area contributed by atoms with Crippen molar-refractivity contribution in [3.63, 3.8) is 0 Å². The summed E-state index contributed by atoms with van der Waals surface area (Å²) in [5.41, 5.74) is -0.271. The molecule has 0 radical (unpaired) electrons. The molecule has 1 aromatic rings. The predicted octanol–water partition coefficient (Wildman–Crippen LogP) is -0.255. The molecule has 2 aliphatic rings. The second-order valence-corrected chi connectivity index (χ2v) is 5.40. The summed E-state index contributed by atoms with van der Waals surface area (Å²) in [4.78, 5) is 36.9. The number of hydrogen-bond donors (Lipinski definition) is 3. The summed E-state index contributed by atoms with van der Waals surface area (Å²) in [7, 11) is 0. The fraction of sp³-hybridized carbons (Fsp3) is 0.357. The normalized spacial score (nSPS) is 24.3. The summed E-state index contributed by atoms with van der Waals surface area (Å²) in [6.07, 6.45) is 0.566. The largest absolute Gasteiger partial charge is 0.508 e. The predicted molar refractivity (Wildman–Crippen MR) is 72.4 cm³/mol. The van der Waals surface area contributed by atoms with E-state index in [9.17, 15) is 19.5 Å². The lowest BCUT2D eigenvalue weighted by Gasteiger charge is -2.21. The lowest BCUT2D eigenvalue weighted by atomic mass is 9.99. The molecule has 7 nitrogen and oxygen atoms in total. The summed E-state index contributed by atoms with van der Waals surface area (Å²) in [5, 5.41) is 14.2. The number of phenolic OH excluding ortho intramolecular Hbond substituents is 1. The molecule has 2 heterocycles. The third-order valence-corrected chi connectivity index (χ3v) is 3.90. The second-order valence-electron chi connectivity index (χ2n) is 5.40. The molecule has 4 amide bonds. The van der Waals surface area contributed by atoms with Crippen molar-refractivity contribution >= 4 is 17.8 Å². The quantitative estimate of drug-likeness (QED) is 0.654. The first-order valence-electron chi connectivity index (χ1n) is 6.68. The molecule has 0 bridgehead atoms. The van der Waals surface area contributed by atoms with E-state index in [1.807, 2.05) is 0 Å². The van der Waals surface area contributed by atoms with Crippen molar-refractivity contribution in [1.29, 1.82) is 0 Å². The minimum Gasteiger partial charge on any atom is -0.508 e. The van der Waals surface area contributed by atoms with E-state index in [0.717, 1.165) is 0 Å². The topological polar surface area (TPSA) is 98.7 Å². The molecule has 3 N–H and O–H groups in total. The molecular weight excluding hydrogens is 274 g/mol. The van der Waals surface area contributed by atoms with Crippen LogP contribution in [0, 0.1) is 0 Å². The third kappa shape index (κ3) is 2.42. The summed E-state index contributed by atoms with van der Waals surface area (Å²) in [6, 6.07) is 5.99. The number of aromatic hydroxyl groups is 1. The van der Waals surface area contributed by atoms with Crippen LogP contribution in [-0.4, -0.2) is 46.5 Å². The molecule has 110 valence electrons. The Bertz CT molecular complexity index is 630. The van der Waals surface area contributed by atoms with Crippen LogP contribution < -0.4 is 10.6 Å². The summed E-state index contributed by atoms with van der Waals surface area (Å²) < 4.78 is 0. The minimum atomic E-state index is -0.981. The van der Waals surface area contributed by atoms with E-state index in [1.54, 1.807) is 17.0 Å². The number of nitrogens with zero attached hydrogens (tertiary/aromatic N) is 1. The zero-order valence-corrected chi connectivity index (χ0v) is 11.3. The highest BCUT2D eigenvalue weighted by atomic mass is 16.3. The van der Waals surface area contributed by atoms with Gasteiger partial charge in [0.2, 0.25) is 5.91 Å². The number of hydrogen-bond acceptors (Lipinski definition) is 4. The lowest BCUT2D eigenvalue weighted by Crippen LogP contribution is -2.49. The van der Waals surface area contributed by atoms with Crippen LogP contribution >= 0.6 is 0 Å². The fourth-order valence-corrected chi connectivity index (χ4v) is 2.79. The molecule has 1 atom stereocenters. The van der Waals surface area contributed by atoms with Crippen LogP contribution in [0.3, 0.4) is 0 Å². The van der Waals surface area contributed by atoms with E-state index in [-0.39, 0.29) is 30.5 Å². The number of likely N-dealkylation sites (tertiary alicyclic amines) is 1. The van der Waals surface area contributed by atoms with Gasteiger partial charge in [-0.3, -0.25) is 14.9 Å². The van der Waals surface area contributed by atoms with Gasteiger partial charge in [-0.2, -0.15) is 0 Å². The molecule has 1 aromatic carbocycles. The summed E-state index contributed by atoms with van der Waals surface area (Å²) in [6.45, 7) is 0.605. The van der Waals surface area contributed by atoms with Gasteiger partial charge in [0.15, 0.2) is 0 Å². The molecule has 1 spiro atoms. The van der Waals surface area contributed by atoms with Gasteiger partial charge in [0, 0.05) is 6.54 Å². The Hall–Kier alpha value is -2.57. The van der Waals surface area contributed by atoms with Gasteiger partial charge in [0.25, 0.3) is 5.91 Å². The first-order chi connectivity index (χ1) is 9.98. The monoisotopic (exact) mass is 289 g/mol. The number of imide groups is 1. The van der Waals surface area contributed by atoms with Crippen LogP contribution in [0.2, 0.25) is 0 Å². The van der Waals surface area contributed by atoms with E-state index >= 15 is 0 Å². The molecule has 2 aliphatic heterocycles. The van der Waals surface area contributed by atoms with Crippen molar-refractivity contribution in [2.24, 2.45) is 0 Å². The Morgan fingerprint density at radius 1 is 1.38 bits per heavy atom. The second kappa shape index (κ2) is 4.76. The molecular formula is C14H15N3O4. The average molecular weight is 289 g/mol. The molecule has 0 aliphatic carbocycles. The van der Waals surface area contributed by atoms with Gasteiger partial charge < -0.3 is 15.3 Å². The van der Waals surface area contributed by atoms with Crippen LogP contribution in [0.15, 0.2) is 24.3 Å². The molecule has 2 saturated heterocycles. The SMILES string of the molecule is O=C1NC(=O)C2(CCN(C(=O)Cc3cccc(O)c3)C2)N1. The Kier molecular flexibility index (Phi) is 3.04. The van der Waals surface area contributed by atoms with E-state index in [1.165, 1.54) is 12.1 Å². The number of benzene rings is 1. The van der Waals surface area contributed by atoms with E-state index in [4.69, 9.17) is 0 Å². The van der Waals surface area contributed by atoms with Gasteiger partial charge in [-0.25, -0.2) is 4.79 Å². The van der Waals surface area contributed by atoms with Crippen LogP contribution in [0.25, 0.3) is 0 Å². The average Bonchev–Trinajstić information content (AvgIpc) is 2.95. The van der Waals surface area contributed by atoms with Crippen LogP contribution in [0.5, 0.6) is 5.75 Å². The standard InChI is InChI=1S/C14H15N3O4/c18-10-3-1-2-9(6-10)7-11(19)17-5-4-14(8-17)12(20)15-13(21)16-14/h1-3,6,18H,4-5,7-8H2,(H2,15,16,20,21). The molecule has 1 unspecified atom stereocenters. The highest BCUT2D eigenvalue weighted by Crippen LogP contribution is 2.25. The Morgan fingerprint density at radius 2 is 2.19 bits per heavy atom. The Labute approximate surface area is 120 Å². The minimum absolute atomic E-state index is 0.112. The first-order valence-corrected chi connectivity index (χ1v) is 6.68. The number of amides is 4. The van der Waals surface area contributed by atoms with Gasteiger partial charge >= 0.3 is 6.03 Å². The van der Waals surface area contributed by atoms with Gasteiger partial charge in [0.1, 0.15) is 11.3 Å². The zero-order valence-electron chi connectivity index (χ0n) is 11.3. The van der Waals surface area contributed by atoms with Crippen LogP contribution in [0.4, 0.5) is 4.79 Å². The van der Waals surface area contributed by atoms with Crippen molar-refractivity contribution in [1.82, 2.24) is 15.5 Å². The molecule has 0 saturated carbocycles. The Morgan fingerprint density at radius 3 is 2.86 bits per heavy atom. The summed E-state index contributed by atoms with van der Waals surface area (Å²) in [5.74, 6) is -0.396. The van der Waals surface area contributed by atoms with Crippen molar-refractivity contribution < 1.29 is 19.5 Å². The van der Waals surface area contributed by atoms with Gasteiger partial charge in [-0.05, 0) is 24.1 Å². The number of nitrogens with one attached hydrogen (secondary N) is 2. The number of carbonyl (C=O) groups is 3. The van der Waals surface area contributed by atoms with Crippen molar-refractivity contribution in [3.05, 3.63) is 29.8 Å². The maximum Gasteiger partial charge on any atom is 0.322 e. The molecule has 3 rings (SSSR count). The maximum absolute atomic E-state index is 12.3. The maximum atomic E-state index is 12.3. The molecule has 2 fully saturated rings. The van der Waals surface area contributed by atoms with Gasteiger partial charge in [-0.1, -0.05) is 12.1 Å². The van der Waals surface area contributed by atoms with Gasteiger partial charge in [-0.15, -0.1) is 0 Å². The van der Waals surface area contributed by atoms with E-state index in [2.05, 4.69) is 10.6 Å². The number of urea groups is 1. The fourth-order valence-electron chi connectivity index (χ4n) is 2.79. The molecule has 7 heteroatoms. The number of rotatable bonds is 2. The molecule has 0 aromatic heterocycles. The smallest absolute Gasteiger partial charge is 0.322 e. The van der Waals surface area contributed by atoms with Crippen molar-refractivity contribution in [3.8, 4) is 5.75 Å². The van der Waals surface area contributed by atoms with Crippen molar-refractivity contribution in [2.75, 3.05) is 13.1 Å². The van der Waals surface area contributed by atoms with Gasteiger partial charge in [0.05, 0.1) is 13.0 Å². The van der Waals surface area contributed by atoms with Crippen LogP contribution in [-0.2, 0) is 16.0 Å². The lowest BCUT2D eigenvalue weighted by molar-refractivity contribution is -0.130. The number of carbonyl (C=O) groups excluding carboxylic acids is 3. The van der Waals surface area contributed by atoms with Crippen LogP contribution in [0.1, 0.15) is 12.0 Å². The number of phenols is 1. The third-order valence-electron chi connectivity index (χ3n) is 3.90. The highest BCUT2D eigenvalue weighted by Gasteiger charge is 2.51. The highest BCUT2D eigenvalue weighted by molar-refractivity contribution is 6.07. The van der Waals surface area contributed by atoms with E-state index in [0.29, 0.717) is 18.5 Å². The first kappa shape index (κ1) is 13.4. The van der Waals surface area contributed by atoms with E-state index < -0.39 is 11.6 Å². The zero-order chi connectivity index (χ0) is 15.0. The molecule has 21 heavy (non-hydrogen) atoms. The van der Waals surface area contributed by atoms with Crippen molar-refractivity contribution in [2.45, 2.75) is 18.4 Å².